The SMILES string of the molecule is CC(O)OCCNCO. The Morgan fingerprint density at radius 3 is 2.78 bits per heavy atom. The Bertz CT molecular complexity index is 58.2. The molecule has 1 unspecified atom stereocenters. The molecular weight excluding hydrogens is 122 g/mol. The van der Waals surface area contributed by atoms with Crippen molar-refractivity contribution in [1.82, 2.24) is 5.32 Å². The molecule has 9 heavy (non-hydrogen) atoms. The number of aliphatic hydroxyl groups excluding tert-OH is 2. The van der Waals surface area contributed by atoms with Gasteiger partial charge in [-0.25, -0.2) is 0 Å². The first-order valence-corrected chi connectivity index (χ1v) is 2.88. The van der Waals surface area contributed by atoms with Gasteiger partial charge >= 0.3 is 0 Å². The number of hydrogen-bond donors (Lipinski definition) is 3. The maximum atomic E-state index is 8.54. The molecule has 0 heterocycles. The number of nitrogens with one attached hydrogen (secondary N) is 1. The third-order valence-corrected chi connectivity index (χ3v) is 0.750. The van der Waals surface area contributed by atoms with E-state index >= 15 is 0 Å². The van der Waals surface area contributed by atoms with Crippen LogP contribution in [0.1, 0.15) is 6.92 Å². The van der Waals surface area contributed by atoms with Gasteiger partial charge in [0.25, 0.3) is 0 Å². The topological polar surface area (TPSA) is 61.7 Å². The van der Waals surface area contributed by atoms with E-state index in [0.717, 1.165) is 0 Å². The van der Waals surface area contributed by atoms with Crippen molar-refractivity contribution in [3.05, 3.63) is 0 Å². The van der Waals surface area contributed by atoms with Gasteiger partial charge in [-0.3, -0.25) is 5.32 Å². The van der Waals surface area contributed by atoms with Gasteiger partial charge in [0.2, 0.25) is 0 Å². The molecule has 0 bridgehead atoms. The lowest BCUT2D eigenvalue weighted by molar-refractivity contribution is -0.0841. The molecule has 4 heteroatoms. The largest absolute Gasteiger partial charge is 0.381 e. The first-order valence-electron chi connectivity index (χ1n) is 2.88. The highest BCUT2D eigenvalue weighted by Crippen LogP contribution is 1.80. The van der Waals surface area contributed by atoms with Crippen LogP contribution in [0.4, 0.5) is 0 Å². The Morgan fingerprint density at radius 1 is 1.67 bits per heavy atom. The Morgan fingerprint density at radius 2 is 2.33 bits per heavy atom. The standard InChI is InChI=1S/C5H13NO3/c1-5(8)9-3-2-6-4-7/h5-8H,2-4H2,1H3. The normalized spacial score (nSPS) is 13.7. The highest BCUT2D eigenvalue weighted by molar-refractivity contribution is 4.36. The van der Waals surface area contributed by atoms with Crippen molar-refractivity contribution in [3.63, 3.8) is 0 Å². The van der Waals surface area contributed by atoms with Crippen LogP contribution in [0.15, 0.2) is 0 Å². The highest BCUT2D eigenvalue weighted by atomic mass is 16.6. The molecule has 0 aromatic rings. The van der Waals surface area contributed by atoms with E-state index in [1.807, 2.05) is 0 Å². The third-order valence-electron chi connectivity index (χ3n) is 0.750. The molecule has 0 radical (unpaired) electrons. The predicted octanol–water partition coefficient (Wildman–Crippen LogP) is -1.12. The molecule has 0 rings (SSSR count). The van der Waals surface area contributed by atoms with Crippen LogP contribution in [0, 0.1) is 0 Å². The van der Waals surface area contributed by atoms with E-state index in [1.165, 1.54) is 0 Å². The van der Waals surface area contributed by atoms with Gasteiger partial charge in [-0.05, 0) is 6.92 Å². The van der Waals surface area contributed by atoms with Gasteiger partial charge in [0.15, 0.2) is 6.29 Å². The van der Waals surface area contributed by atoms with Gasteiger partial charge in [-0.15, -0.1) is 0 Å². The highest BCUT2D eigenvalue weighted by Gasteiger charge is 1.91. The van der Waals surface area contributed by atoms with Gasteiger partial charge < -0.3 is 14.9 Å². The molecule has 1 atom stereocenters. The summed E-state index contributed by atoms with van der Waals surface area (Å²) in [6.45, 7) is 2.46. The molecule has 0 amide bonds. The van der Waals surface area contributed by atoms with Gasteiger partial charge in [-0.1, -0.05) is 0 Å². The fourth-order valence-corrected chi connectivity index (χ4v) is 0.381. The zero-order valence-electron chi connectivity index (χ0n) is 5.50. The van der Waals surface area contributed by atoms with E-state index in [9.17, 15) is 0 Å². The van der Waals surface area contributed by atoms with Gasteiger partial charge in [0, 0.05) is 6.54 Å². The molecule has 0 aromatic carbocycles. The van der Waals surface area contributed by atoms with Crippen molar-refractivity contribution < 1.29 is 14.9 Å². The van der Waals surface area contributed by atoms with Crippen molar-refractivity contribution in [2.24, 2.45) is 0 Å². The summed E-state index contributed by atoms with van der Waals surface area (Å²) in [7, 11) is 0. The number of rotatable bonds is 5. The van der Waals surface area contributed by atoms with E-state index in [-0.39, 0.29) is 6.73 Å². The van der Waals surface area contributed by atoms with Crippen molar-refractivity contribution in [1.29, 1.82) is 0 Å². The fraction of sp³-hybridized carbons (Fsp3) is 1.00. The second kappa shape index (κ2) is 5.97. The minimum Gasteiger partial charge on any atom is -0.381 e. The van der Waals surface area contributed by atoms with Crippen LogP contribution in [0.5, 0.6) is 0 Å². The molecule has 0 saturated heterocycles. The molecular formula is C5H13NO3. The first kappa shape index (κ1) is 8.84. The summed E-state index contributed by atoms with van der Waals surface area (Å²) in [5.41, 5.74) is 0. The average molecular weight is 135 g/mol. The van der Waals surface area contributed by atoms with Crippen LogP contribution in [0.2, 0.25) is 0 Å². The summed E-state index contributed by atoms with van der Waals surface area (Å²) in [4.78, 5) is 0. The van der Waals surface area contributed by atoms with Crippen LogP contribution in [0.3, 0.4) is 0 Å². The van der Waals surface area contributed by atoms with Gasteiger partial charge in [-0.2, -0.15) is 0 Å². The smallest absolute Gasteiger partial charge is 0.151 e. The van der Waals surface area contributed by atoms with Crippen molar-refractivity contribution in [3.8, 4) is 0 Å². The van der Waals surface area contributed by atoms with Crippen LogP contribution in [-0.4, -0.2) is 36.4 Å². The number of aliphatic hydroxyl groups is 2. The summed E-state index contributed by atoms with van der Waals surface area (Å²) in [5, 5.41) is 19.4. The van der Waals surface area contributed by atoms with Crippen LogP contribution in [0.25, 0.3) is 0 Å². The number of hydrogen-bond acceptors (Lipinski definition) is 4. The second-order valence-electron chi connectivity index (χ2n) is 1.63. The van der Waals surface area contributed by atoms with E-state index in [0.29, 0.717) is 13.2 Å². The van der Waals surface area contributed by atoms with Crippen molar-refractivity contribution in [2.45, 2.75) is 13.2 Å². The van der Waals surface area contributed by atoms with Crippen LogP contribution in [-0.2, 0) is 4.74 Å². The summed E-state index contributed by atoms with van der Waals surface area (Å²) < 4.78 is 4.73. The third kappa shape index (κ3) is 7.84. The molecule has 0 spiro atoms. The number of ether oxygens (including phenoxy) is 1. The minimum atomic E-state index is -0.717. The van der Waals surface area contributed by atoms with Crippen molar-refractivity contribution >= 4 is 0 Å². The lowest BCUT2D eigenvalue weighted by atomic mass is 10.6. The molecule has 3 N–H and O–H groups in total. The lowest BCUT2D eigenvalue weighted by Crippen LogP contribution is -2.22. The Kier molecular flexibility index (Phi) is 5.86. The second-order valence-corrected chi connectivity index (χ2v) is 1.63. The lowest BCUT2D eigenvalue weighted by Gasteiger charge is -2.05. The Hall–Kier alpha value is -0.160. The predicted molar refractivity (Wildman–Crippen MR) is 32.7 cm³/mol. The first-order chi connectivity index (χ1) is 4.27. The molecule has 56 valence electrons. The zero-order chi connectivity index (χ0) is 7.11. The molecule has 0 aliphatic rings. The maximum absolute atomic E-state index is 8.54. The van der Waals surface area contributed by atoms with E-state index in [1.54, 1.807) is 6.92 Å². The van der Waals surface area contributed by atoms with Gasteiger partial charge in [0.1, 0.15) is 0 Å². The zero-order valence-corrected chi connectivity index (χ0v) is 5.50. The van der Waals surface area contributed by atoms with Crippen LogP contribution < -0.4 is 5.32 Å². The molecule has 0 aromatic heterocycles. The quantitative estimate of drug-likeness (QED) is 0.330. The van der Waals surface area contributed by atoms with E-state index in [4.69, 9.17) is 14.9 Å². The summed E-state index contributed by atoms with van der Waals surface area (Å²) in [5.74, 6) is 0. The van der Waals surface area contributed by atoms with Crippen molar-refractivity contribution in [2.75, 3.05) is 19.9 Å². The Balaban J connectivity index is 2.75. The van der Waals surface area contributed by atoms with E-state index < -0.39 is 6.29 Å². The summed E-state index contributed by atoms with van der Waals surface area (Å²) >= 11 is 0. The maximum Gasteiger partial charge on any atom is 0.151 e. The monoisotopic (exact) mass is 135 g/mol. The average Bonchev–Trinajstić information content (AvgIpc) is 1.80. The summed E-state index contributed by atoms with van der Waals surface area (Å²) in [6.07, 6.45) is -0.717. The molecule has 0 aliphatic carbocycles. The molecule has 4 nitrogen and oxygen atoms in total. The molecule has 0 aliphatic heterocycles. The minimum absolute atomic E-state index is 0.0524. The molecule has 0 saturated carbocycles. The van der Waals surface area contributed by atoms with Gasteiger partial charge in [0.05, 0.1) is 13.3 Å². The van der Waals surface area contributed by atoms with E-state index in [2.05, 4.69) is 5.32 Å². The summed E-state index contributed by atoms with van der Waals surface area (Å²) in [6, 6.07) is 0. The van der Waals surface area contributed by atoms with Crippen LogP contribution >= 0.6 is 0 Å². The Labute approximate surface area is 54.5 Å². The fourth-order valence-electron chi connectivity index (χ4n) is 0.381. The molecule has 0 fully saturated rings.